The molecule has 2 aromatic carbocycles. The SMILES string of the molecule is Cc1cccc(-c2ccccc2N=C(N)CCl)c1. The highest BCUT2D eigenvalue weighted by molar-refractivity contribution is 6.28. The molecule has 18 heavy (non-hydrogen) atoms. The van der Waals surface area contributed by atoms with Crippen molar-refractivity contribution in [3.63, 3.8) is 0 Å². The third-order valence-electron chi connectivity index (χ3n) is 2.63. The van der Waals surface area contributed by atoms with Crippen molar-refractivity contribution in [1.29, 1.82) is 0 Å². The maximum atomic E-state index is 5.70. The van der Waals surface area contributed by atoms with Crippen molar-refractivity contribution in [3.8, 4) is 11.1 Å². The van der Waals surface area contributed by atoms with E-state index in [-0.39, 0.29) is 5.88 Å². The number of hydrogen-bond donors (Lipinski definition) is 1. The zero-order valence-electron chi connectivity index (χ0n) is 10.2. The molecule has 0 aromatic heterocycles. The molecule has 92 valence electrons. The lowest BCUT2D eigenvalue weighted by molar-refractivity contribution is 1.43. The molecule has 0 spiro atoms. The van der Waals surface area contributed by atoms with Crippen LogP contribution >= 0.6 is 11.6 Å². The summed E-state index contributed by atoms with van der Waals surface area (Å²) >= 11 is 5.67. The van der Waals surface area contributed by atoms with Crippen LogP contribution in [0.2, 0.25) is 0 Å². The van der Waals surface area contributed by atoms with Crippen LogP contribution in [0.3, 0.4) is 0 Å². The van der Waals surface area contributed by atoms with Gasteiger partial charge in [0.1, 0.15) is 5.84 Å². The second kappa shape index (κ2) is 5.69. The minimum absolute atomic E-state index is 0.238. The first kappa shape index (κ1) is 12.7. The van der Waals surface area contributed by atoms with E-state index in [1.807, 2.05) is 30.3 Å². The standard InChI is InChI=1S/C15H15ClN2/c1-11-5-4-6-12(9-11)13-7-2-3-8-14(13)18-15(17)10-16/h2-9H,10H2,1H3,(H2,17,18). The van der Waals surface area contributed by atoms with Crippen molar-refractivity contribution >= 4 is 23.1 Å². The largest absolute Gasteiger partial charge is 0.386 e. The molecule has 0 atom stereocenters. The second-order valence-corrected chi connectivity index (χ2v) is 4.39. The quantitative estimate of drug-likeness (QED) is 0.506. The van der Waals surface area contributed by atoms with Crippen LogP contribution in [0.25, 0.3) is 11.1 Å². The number of nitrogens with zero attached hydrogens (tertiary/aromatic N) is 1. The number of amidine groups is 1. The Bertz CT molecular complexity index is 576. The van der Waals surface area contributed by atoms with E-state index in [1.54, 1.807) is 0 Å². The van der Waals surface area contributed by atoms with Crippen LogP contribution in [0, 0.1) is 6.92 Å². The topological polar surface area (TPSA) is 38.4 Å². The first-order valence-electron chi connectivity index (χ1n) is 5.76. The molecule has 2 N–H and O–H groups in total. The predicted octanol–water partition coefficient (Wildman–Crippen LogP) is 3.89. The van der Waals surface area contributed by atoms with Gasteiger partial charge in [0, 0.05) is 5.56 Å². The molecular formula is C15H15ClN2. The van der Waals surface area contributed by atoms with Crippen LogP contribution in [0.1, 0.15) is 5.56 Å². The fourth-order valence-corrected chi connectivity index (χ4v) is 1.87. The Balaban J connectivity index is 2.51. The normalized spacial score (nSPS) is 11.6. The third kappa shape index (κ3) is 2.90. The summed E-state index contributed by atoms with van der Waals surface area (Å²) in [7, 11) is 0. The molecule has 0 bridgehead atoms. The zero-order chi connectivity index (χ0) is 13.0. The third-order valence-corrected chi connectivity index (χ3v) is 2.91. The van der Waals surface area contributed by atoms with Gasteiger partial charge in [-0.05, 0) is 18.6 Å². The van der Waals surface area contributed by atoms with Crippen molar-refractivity contribution in [2.75, 3.05) is 5.88 Å². The molecule has 3 heteroatoms. The summed E-state index contributed by atoms with van der Waals surface area (Å²) in [5.41, 5.74) is 9.97. The molecule has 0 radical (unpaired) electrons. The predicted molar refractivity (Wildman–Crippen MR) is 78.6 cm³/mol. The van der Waals surface area contributed by atoms with E-state index in [4.69, 9.17) is 17.3 Å². The molecular weight excluding hydrogens is 244 g/mol. The van der Waals surface area contributed by atoms with Crippen LogP contribution < -0.4 is 5.73 Å². The van der Waals surface area contributed by atoms with E-state index in [0.717, 1.165) is 16.8 Å². The van der Waals surface area contributed by atoms with E-state index in [2.05, 4.69) is 30.1 Å². The molecule has 2 aromatic rings. The van der Waals surface area contributed by atoms with Gasteiger partial charge in [-0.1, -0.05) is 48.0 Å². The Morgan fingerprint density at radius 1 is 1.17 bits per heavy atom. The van der Waals surface area contributed by atoms with Crippen LogP contribution in [-0.2, 0) is 0 Å². The Morgan fingerprint density at radius 2 is 1.94 bits per heavy atom. The van der Waals surface area contributed by atoms with Gasteiger partial charge in [-0.3, -0.25) is 0 Å². The van der Waals surface area contributed by atoms with Gasteiger partial charge in [-0.25, -0.2) is 4.99 Å². The van der Waals surface area contributed by atoms with Crippen LogP contribution in [-0.4, -0.2) is 11.7 Å². The van der Waals surface area contributed by atoms with Crippen LogP contribution in [0.5, 0.6) is 0 Å². The fourth-order valence-electron chi connectivity index (χ4n) is 1.81. The summed E-state index contributed by atoms with van der Waals surface area (Å²) in [6.45, 7) is 2.07. The smallest absolute Gasteiger partial charge is 0.115 e. The van der Waals surface area contributed by atoms with Gasteiger partial charge in [0.25, 0.3) is 0 Å². The van der Waals surface area contributed by atoms with Gasteiger partial charge >= 0.3 is 0 Å². The van der Waals surface area contributed by atoms with E-state index in [1.165, 1.54) is 5.56 Å². The Morgan fingerprint density at radius 3 is 2.67 bits per heavy atom. The summed E-state index contributed by atoms with van der Waals surface area (Å²) in [4.78, 5) is 4.35. The lowest BCUT2D eigenvalue weighted by Crippen LogP contribution is -2.12. The number of nitrogens with two attached hydrogens (primary N) is 1. The Labute approximate surface area is 112 Å². The fraction of sp³-hybridized carbons (Fsp3) is 0.133. The van der Waals surface area contributed by atoms with Gasteiger partial charge in [0.2, 0.25) is 0 Å². The van der Waals surface area contributed by atoms with Gasteiger partial charge in [-0.15, -0.1) is 11.6 Å². The van der Waals surface area contributed by atoms with Gasteiger partial charge in [0.05, 0.1) is 11.6 Å². The highest BCUT2D eigenvalue weighted by Crippen LogP contribution is 2.30. The van der Waals surface area contributed by atoms with Crippen molar-refractivity contribution in [3.05, 3.63) is 54.1 Å². The molecule has 2 rings (SSSR count). The molecule has 0 amide bonds. The molecule has 0 aliphatic rings. The molecule has 0 aliphatic heterocycles. The summed E-state index contributed by atoms with van der Waals surface area (Å²) in [5.74, 6) is 0.666. The monoisotopic (exact) mass is 258 g/mol. The maximum absolute atomic E-state index is 5.70. The molecule has 0 heterocycles. The molecule has 0 saturated carbocycles. The van der Waals surface area contributed by atoms with Crippen LogP contribution in [0.15, 0.2) is 53.5 Å². The number of hydrogen-bond acceptors (Lipinski definition) is 1. The summed E-state index contributed by atoms with van der Waals surface area (Å²) in [6, 6.07) is 16.2. The highest BCUT2D eigenvalue weighted by Gasteiger charge is 2.04. The van der Waals surface area contributed by atoms with Crippen molar-refractivity contribution in [1.82, 2.24) is 0 Å². The van der Waals surface area contributed by atoms with E-state index in [9.17, 15) is 0 Å². The Kier molecular flexibility index (Phi) is 4.00. The second-order valence-electron chi connectivity index (χ2n) is 4.12. The molecule has 0 fully saturated rings. The van der Waals surface area contributed by atoms with Crippen molar-refractivity contribution in [2.45, 2.75) is 6.92 Å². The van der Waals surface area contributed by atoms with Crippen molar-refractivity contribution < 1.29 is 0 Å². The number of halogens is 1. The van der Waals surface area contributed by atoms with Gasteiger partial charge in [0.15, 0.2) is 0 Å². The minimum Gasteiger partial charge on any atom is -0.386 e. The lowest BCUT2D eigenvalue weighted by Gasteiger charge is -2.07. The number of alkyl halides is 1. The van der Waals surface area contributed by atoms with E-state index < -0.39 is 0 Å². The van der Waals surface area contributed by atoms with E-state index >= 15 is 0 Å². The first-order chi connectivity index (χ1) is 8.70. The number of benzene rings is 2. The Hall–Kier alpha value is -1.80. The molecule has 0 saturated heterocycles. The van der Waals surface area contributed by atoms with Gasteiger partial charge in [-0.2, -0.15) is 0 Å². The van der Waals surface area contributed by atoms with Crippen molar-refractivity contribution in [2.24, 2.45) is 10.7 Å². The number of para-hydroxylation sites is 1. The molecule has 0 unspecified atom stereocenters. The summed E-state index contributed by atoms with van der Waals surface area (Å²) in [5, 5.41) is 0. The molecule has 2 nitrogen and oxygen atoms in total. The lowest BCUT2D eigenvalue weighted by atomic mass is 10.0. The van der Waals surface area contributed by atoms with Crippen LogP contribution in [0.4, 0.5) is 5.69 Å². The number of aliphatic imine (C=N–C) groups is 1. The summed E-state index contributed by atoms with van der Waals surface area (Å²) < 4.78 is 0. The summed E-state index contributed by atoms with van der Waals surface area (Å²) in [6.07, 6.45) is 0. The number of rotatable bonds is 3. The zero-order valence-corrected chi connectivity index (χ0v) is 11.0. The first-order valence-corrected chi connectivity index (χ1v) is 6.29. The number of aryl methyl sites for hydroxylation is 1. The van der Waals surface area contributed by atoms with Gasteiger partial charge < -0.3 is 5.73 Å². The van der Waals surface area contributed by atoms with E-state index in [0.29, 0.717) is 5.84 Å². The maximum Gasteiger partial charge on any atom is 0.115 e. The average molecular weight is 259 g/mol. The highest BCUT2D eigenvalue weighted by atomic mass is 35.5. The molecule has 0 aliphatic carbocycles. The average Bonchev–Trinajstić information content (AvgIpc) is 2.39. The minimum atomic E-state index is 0.238.